The van der Waals surface area contributed by atoms with Crippen LogP contribution in [0.2, 0.25) is 0 Å². The van der Waals surface area contributed by atoms with E-state index in [0.717, 1.165) is 51.9 Å². The van der Waals surface area contributed by atoms with Crippen LogP contribution < -0.4 is 10.9 Å². The van der Waals surface area contributed by atoms with Crippen molar-refractivity contribution in [2.75, 3.05) is 13.1 Å². The normalized spacial score (nSPS) is 23.7. The Balaban J connectivity index is 0.773. The molecule has 0 spiro atoms. The lowest BCUT2D eigenvalue weighted by Crippen LogP contribution is -2.44. The van der Waals surface area contributed by atoms with Gasteiger partial charge in [0, 0.05) is 73.2 Å². The summed E-state index contributed by atoms with van der Waals surface area (Å²) >= 11 is 0. The van der Waals surface area contributed by atoms with E-state index in [1.165, 1.54) is 12.1 Å². The Labute approximate surface area is 367 Å². The van der Waals surface area contributed by atoms with Gasteiger partial charge in [0.25, 0.3) is 11.5 Å². The maximum absolute atomic E-state index is 15.4. The van der Waals surface area contributed by atoms with Crippen molar-refractivity contribution in [2.24, 2.45) is 11.8 Å². The van der Waals surface area contributed by atoms with Gasteiger partial charge in [-0.3, -0.25) is 14.5 Å². The van der Waals surface area contributed by atoms with Crippen LogP contribution in [0.4, 0.5) is 9.18 Å². The minimum absolute atomic E-state index is 0.00315. The zero-order chi connectivity index (χ0) is 44.7. The summed E-state index contributed by atoms with van der Waals surface area (Å²) in [5.74, 6) is -1.40. The van der Waals surface area contributed by atoms with Gasteiger partial charge in [0.05, 0.1) is 40.6 Å². The fraction of sp³-hybridized carbons (Fsp3) is 0.408. The van der Waals surface area contributed by atoms with Crippen molar-refractivity contribution in [3.05, 3.63) is 120 Å². The number of ether oxygens (including phenoxy) is 2. The lowest BCUT2D eigenvalue weighted by Gasteiger charge is -2.31. The van der Waals surface area contributed by atoms with Gasteiger partial charge in [0.2, 0.25) is 0 Å². The number of rotatable bonds is 7. The van der Waals surface area contributed by atoms with Gasteiger partial charge in [-0.1, -0.05) is 39.0 Å². The van der Waals surface area contributed by atoms with Crippen molar-refractivity contribution in [1.29, 1.82) is 0 Å². The Morgan fingerprint density at radius 1 is 1.00 bits per heavy atom. The Morgan fingerprint density at radius 3 is 2.52 bits per heavy atom. The first-order valence-corrected chi connectivity index (χ1v) is 22.1. The number of carbonyl (C=O) groups excluding carboxylic acids is 3. The number of aliphatic hydroxyl groups is 1. The number of nitrogens with one attached hydrogen (secondary N) is 1. The van der Waals surface area contributed by atoms with Crippen molar-refractivity contribution in [3.63, 3.8) is 0 Å². The molecule has 5 aromatic rings. The standard InChI is InChI=1S/C49H48FN5O9/c1-5-49(62)34-12-38-43-32(20-55(38)46(59)33(34)21-63-47(49)60)42-36(9-8-27-23(4)35(50)13-37(51-43)41(27)42)52-48(61)64-44-30-18-53(19-31(30)44)15-24-6-7-25-16-54(17-26(25)10-24)45(58)29-11-28(22(2)3)39(56)14-40(29)57/h6-7,10-14,22,30-31,36,44,56-57,62H,5,8-9,15-21H2,1-4H3,(H,52,61)/t30?,31?,36?,44?,49-/m0/s1. The number of amides is 2. The largest absolute Gasteiger partial charge is 0.508 e. The summed E-state index contributed by atoms with van der Waals surface area (Å²) in [6.45, 7) is 10.2. The summed E-state index contributed by atoms with van der Waals surface area (Å²) in [5, 5.41) is 36.1. The molecule has 14 nitrogen and oxygen atoms in total. The highest BCUT2D eigenvalue weighted by molar-refractivity contribution is 5.98. The number of aryl methyl sites for hydroxylation is 1. The van der Waals surface area contributed by atoms with Crippen molar-refractivity contribution < 1.29 is 43.6 Å². The maximum Gasteiger partial charge on any atom is 0.407 e. The number of phenolic OH excluding ortho intramolecular Hbond substituents is 2. The topological polar surface area (TPSA) is 184 Å². The number of nitrogens with zero attached hydrogens (tertiary/aromatic N) is 4. The molecule has 4 N–H and O–H groups in total. The average molecular weight is 870 g/mol. The van der Waals surface area contributed by atoms with Crippen molar-refractivity contribution >= 4 is 28.9 Å². The lowest BCUT2D eigenvalue weighted by molar-refractivity contribution is -0.172. The molecule has 330 valence electrons. The summed E-state index contributed by atoms with van der Waals surface area (Å²) in [5.41, 5.74) is 6.09. The van der Waals surface area contributed by atoms with Gasteiger partial charge in [0.1, 0.15) is 30.0 Å². The fourth-order valence-electron chi connectivity index (χ4n) is 11.2. The Morgan fingerprint density at radius 2 is 1.77 bits per heavy atom. The van der Waals surface area contributed by atoms with Gasteiger partial charge in [-0.15, -0.1) is 0 Å². The van der Waals surface area contributed by atoms with Gasteiger partial charge >= 0.3 is 12.1 Å². The molecule has 2 aliphatic carbocycles. The number of hydrogen-bond donors (Lipinski definition) is 4. The number of halogens is 1. The number of aromatic hydroxyl groups is 2. The van der Waals surface area contributed by atoms with Crippen LogP contribution in [-0.2, 0) is 59.1 Å². The van der Waals surface area contributed by atoms with E-state index in [9.17, 15) is 34.5 Å². The number of phenols is 2. The van der Waals surface area contributed by atoms with Gasteiger partial charge in [-0.2, -0.15) is 0 Å². The summed E-state index contributed by atoms with van der Waals surface area (Å²) in [6, 6.07) is 11.6. The van der Waals surface area contributed by atoms with Crippen LogP contribution in [0.1, 0.15) is 112 Å². The number of esters is 1. The van der Waals surface area contributed by atoms with Crippen molar-refractivity contribution in [1.82, 2.24) is 24.7 Å². The zero-order valence-electron chi connectivity index (χ0n) is 36.0. The predicted octanol–water partition coefficient (Wildman–Crippen LogP) is 6.06. The van der Waals surface area contributed by atoms with E-state index in [2.05, 4.69) is 28.4 Å². The molecular weight excluding hydrogens is 822 g/mol. The molecule has 4 aliphatic heterocycles. The van der Waals surface area contributed by atoms with Gasteiger partial charge < -0.3 is 39.6 Å². The second-order valence-electron chi connectivity index (χ2n) is 18.8. The van der Waals surface area contributed by atoms with E-state index < -0.39 is 35.1 Å². The van der Waals surface area contributed by atoms with E-state index in [0.29, 0.717) is 60.5 Å². The molecule has 2 amide bonds. The quantitative estimate of drug-likeness (QED) is 0.137. The first-order chi connectivity index (χ1) is 30.6. The lowest BCUT2D eigenvalue weighted by atomic mass is 9.81. The number of fused-ring (bicyclic) bond motifs is 7. The Kier molecular flexibility index (Phi) is 9.07. The van der Waals surface area contributed by atoms with Crippen LogP contribution in [0.25, 0.3) is 22.3 Å². The van der Waals surface area contributed by atoms with E-state index >= 15 is 4.39 Å². The monoisotopic (exact) mass is 869 g/mol. The van der Waals surface area contributed by atoms with Crippen LogP contribution in [0.15, 0.2) is 47.3 Å². The molecule has 0 bridgehead atoms. The summed E-state index contributed by atoms with van der Waals surface area (Å²) in [6.07, 6.45) is 0.222. The van der Waals surface area contributed by atoms with Gasteiger partial charge in [0.15, 0.2) is 5.60 Å². The highest BCUT2D eigenvalue weighted by Crippen LogP contribution is 2.50. The molecule has 6 aliphatic rings. The molecule has 4 atom stereocenters. The molecule has 11 rings (SSSR count). The predicted molar refractivity (Wildman–Crippen MR) is 230 cm³/mol. The number of piperidine rings is 1. The first kappa shape index (κ1) is 40.5. The average Bonchev–Trinajstić information content (AvgIpc) is 3.64. The molecule has 15 heteroatoms. The van der Waals surface area contributed by atoms with Crippen molar-refractivity contribution in [2.45, 2.75) is 103 Å². The summed E-state index contributed by atoms with van der Waals surface area (Å²) < 4.78 is 28.3. The van der Waals surface area contributed by atoms with Crippen LogP contribution in [0.3, 0.4) is 0 Å². The number of alkyl carbamates (subject to hydrolysis) is 1. The molecule has 6 heterocycles. The number of benzene rings is 3. The van der Waals surface area contributed by atoms with E-state index in [-0.39, 0.29) is 77.5 Å². The number of aromatic nitrogens is 2. The second kappa shape index (κ2) is 14.3. The molecule has 2 aromatic heterocycles. The molecule has 64 heavy (non-hydrogen) atoms. The van der Waals surface area contributed by atoms with Crippen LogP contribution in [0.5, 0.6) is 11.5 Å². The minimum atomic E-state index is -1.99. The number of hydrogen-bond acceptors (Lipinski definition) is 11. The fourth-order valence-corrected chi connectivity index (χ4v) is 11.2. The number of carbonyl (C=O) groups is 3. The highest BCUT2D eigenvalue weighted by Gasteiger charge is 2.58. The van der Waals surface area contributed by atoms with E-state index in [4.69, 9.17) is 14.5 Å². The third-order valence-electron chi connectivity index (χ3n) is 14.8. The third-order valence-corrected chi connectivity index (χ3v) is 14.8. The molecule has 3 aromatic carbocycles. The Bertz CT molecular complexity index is 2970. The number of pyridine rings is 2. The molecule has 1 saturated carbocycles. The zero-order valence-corrected chi connectivity index (χ0v) is 36.0. The van der Waals surface area contributed by atoms with Gasteiger partial charge in [-0.05, 0) is 83.2 Å². The molecule has 0 radical (unpaired) electrons. The minimum Gasteiger partial charge on any atom is -0.508 e. The third kappa shape index (κ3) is 6.06. The van der Waals surface area contributed by atoms with Crippen LogP contribution in [-0.4, -0.2) is 71.8 Å². The van der Waals surface area contributed by atoms with Crippen LogP contribution >= 0.6 is 0 Å². The van der Waals surface area contributed by atoms with Gasteiger partial charge in [-0.25, -0.2) is 19.0 Å². The second-order valence-corrected chi connectivity index (χ2v) is 18.8. The molecular formula is C49H48FN5O9. The summed E-state index contributed by atoms with van der Waals surface area (Å²) in [7, 11) is 0. The highest BCUT2D eigenvalue weighted by atomic mass is 19.1. The van der Waals surface area contributed by atoms with E-state index in [1.54, 1.807) is 35.4 Å². The maximum atomic E-state index is 15.4. The smallest absolute Gasteiger partial charge is 0.407 e. The molecule has 3 unspecified atom stereocenters. The van der Waals surface area contributed by atoms with E-state index in [1.807, 2.05) is 13.8 Å². The Hall–Kier alpha value is -6.32. The number of likely N-dealkylation sites (tertiary alicyclic amines) is 1. The molecule has 2 fully saturated rings. The molecule has 1 saturated heterocycles. The van der Waals surface area contributed by atoms with Crippen LogP contribution in [0, 0.1) is 24.6 Å². The summed E-state index contributed by atoms with van der Waals surface area (Å²) in [4.78, 5) is 63.0. The number of cyclic esters (lactones) is 1. The SMILES string of the molecule is CC[C@@]1(O)C(=O)OCc2c1cc1n(c2=O)Cc2c-1nc1cc(F)c(C)c3c1c2C(NC(=O)OC1C2CN(Cc4ccc5c(c4)CN(C(=O)c4cc(C(C)C)c(O)cc4O)C5)CC21)CC3. The van der Waals surface area contributed by atoms with Crippen molar-refractivity contribution in [3.8, 4) is 22.9 Å². The first-order valence-electron chi connectivity index (χ1n) is 22.1.